The Bertz CT molecular complexity index is 872. The van der Waals surface area contributed by atoms with Crippen molar-refractivity contribution >= 4 is 17.7 Å². The van der Waals surface area contributed by atoms with Crippen molar-refractivity contribution in [3.8, 4) is 0 Å². The van der Waals surface area contributed by atoms with E-state index < -0.39 is 0 Å². The Labute approximate surface area is 167 Å². The first kappa shape index (κ1) is 19.3. The lowest BCUT2D eigenvalue weighted by atomic mass is 9.97. The van der Waals surface area contributed by atoms with Crippen LogP contribution in [0.25, 0.3) is 0 Å². The SMILES string of the molecule is O=C(CSc1nc(=O)n(Cc2ccco2)c2c1CCCC2)NC[C@H]1CCCO1. The first-order chi connectivity index (χ1) is 13.7. The topological polar surface area (TPSA) is 86.4 Å². The van der Waals surface area contributed by atoms with E-state index in [0.717, 1.165) is 62.1 Å². The Kier molecular flexibility index (Phi) is 6.17. The van der Waals surface area contributed by atoms with Crippen LogP contribution >= 0.6 is 11.8 Å². The first-order valence-electron chi connectivity index (χ1n) is 9.87. The van der Waals surface area contributed by atoms with Crippen LogP contribution in [-0.4, -0.2) is 40.5 Å². The lowest BCUT2D eigenvalue weighted by Crippen LogP contribution is -2.33. The van der Waals surface area contributed by atoms with E-state index in [4.69, 9.17) is 9.15 Å². The molecule has 0 aromatic carbocycles. The van der Waals surface area contributed by atoms with Gasteiger partial charge in [-0.25, -0.2) is 4.79 Å². The van der Waals surface area contributed by atoms with Gasteiger partial charge in [0.05, 0.1) is 24.7 Å². The fourth-order valence-corrected chi connectivity index (χ4v) is 4.71. The number of fused-ring (bicyclic) bond motifs is 1. The van der Waals surface area contributed by atoms with E-state index in [9.17, 15) is 9.59 Å². The van der Waals surface area contributed by atoms with Gasteiger partial charge in [-0.3, -0.25) is 9.36 Å². The fourth-order valence-electron chi connectivity index (χ4n) is 3.81. The summed E-state index contributed by atoms with van der Waals surface area (Å²) in [5, 5.41) is 3.62. The van der Waals surface area contributed by atoms with Crippen LogP contribution in [-0.2, 0) is 28.9 Å². The van der Waals surface area contributed by atoms with E-state index in [2.05, 4.69) is 10.3 Å². The van der Waals surface area contributed by atoms with E-state index in [1.807, 2.05) is 12.1 Å². The predicted octanol–water partition coefficient (Wildman–Crippen LogP) is 2.15. The Morgan fingerprint density at radius 1 is 1.32 bits per heavy atom. The van der Waals surface area contributed by atoms with Gasteiger partial charge in [0, 0.05) is 24.4 Å². The molecule has 3 heterocycles. The molecule has 1 N–H and O–H groups in total. The standard InChI is InChI=1S/C20H25N3O4S/c24-18(21-11-14-5-3-9-26-14)13-28-19-16-7-1-2-8-17(16)23(20(25)22-19)12-15-6-4-10-27-15/h4,6,10,14H,1-3,5,7-9,11-13H2,(H,21,24)/t14-/m1/s1. The highest BCUT2D eigenvalue weighted by Gasteiger charge is 2.22. The summed E-state index contributed by atoms with van der Waals surface area (Å²) in [4.78, 5) is 29.2. The molecular weight excluding hydrogens is 378 g/mol. The highest BCUT2D eigenvalue weighted by molar-refractivity contribution is 7.99. The summed E-state index contributed by atoms with van der Waals surface area (Å²) >= 11 is 1.36. The molecule has 0 bridgehead atoms. The average Bonchev–Trinajstić information content (AvgIpc) is 3.41. The van der Waals surface area contributed by atoms with E-state index in [-0.39, 0.29) is 23.5 Å². The maximum atomic E-state index is 12.7. The zero-order valence-electron chi connectivity index (χ0n) is 15.8. The van der Waals surface area contributed by atoms with Crippen LogP contribution in [0.1, 0.15) is 42.7 Å². The van der Waals surface area contributed by atoms with Crippen molar-refractivity contribution in [1.82, 2.24) is 14.9 Å². The minimum atomic E-state index is -0.278. The Balaban J connectivity index is 1.45. The second kappa shape index (κ2) is 8.96. The number of ether oxygens (including phenoxy) is 1. The number of thioether (sulfide) groups is 1. The molecule has 1 saturated heterocycles. The molecule has 1 amide bonds. The van der Waals surface area contributed by atoms with Crippen LogP contribution in [0.4, 0.5) is 0 Å². The van der Waals surface area contributed by atoms with Gasteiger partial charge in [0.1, 0.15) is 10.8 Å². The number of rotatable bonds is 7. The van der Waals surface area contributed by atoms with Crippen molar-refractivity contribution in [2.24, 2.45) is 0 Å². The third-order valence-corrected chi connectivity index (χ3v) is 6.25. The monoisotopic (exact) mass is 403 g/mol. The van der Waals surface area contributed by atoms with Crippen LogP contribution in [0.15, 0.2) is 32.6 Å². The molecule has 8 heteroatoms. The average molecular weight is 404 g/mol. The molecule has 150 valence electrons. The maximum Gasteiger partial charge on any atom is 0.349 e. The normalized spacial score (nSPS) is 18.8. The van der Waals surface area contributed by atoms with Crippen molar-refractivity contribution in [2.45, 2.75) is 56.2 Å². The zero-order valence-corrected chi connectivity index (χ0v) is 16.6. The smallest absolute Gasteiger partial charge is 0.349 e. The Morgan fingerprint density at radius 3 is 3.00 bits per heavy atom. The summed E-state index contributed by atoms with van der Waals surface area (Å²) < 4.78 is 12.6. The number of nitrogens with zero attached hydrogens (tertiary/aromatic N) is 2. The van der Waals surface area contributed by atoms with Crippen LogP contribution in [0, 0.1) is 0 Å². The number of hydrogen-bond donors (Lipinski definition) is 1. The molecule has 0 spiro atoms. The number of nitrogens with one attached hydrogen (secondary N) is 1. The van der Waals surface area contributed by atoms with Gasteiger partial charge in [0.15, 0.2) is 0 Å². The van der Waals surface area contributed by atoms with Gasteiger partial charge in [-0.1, -0.05) is 11.8 Å². The molecule has 0 radical (unpaired) electrons. The van der Waals surface area contributed by atoms with Crippen molar-refractivity contribution in [3.05, 3.63) is 45.9 Å². The van der Waals surface area contributed by atoms with Crippen LogP contribution < -0.4 is 11.0 Å². The number of aromatic nitrogens is 2. The molecule has 1 aliphatic carbocycles. The van der Waals surface area contributed by atoms with E-state index in [0.29, 0.717) is 18.1 Å². The first-order valence-corrected chi connectivity index (χ1v) is 10.9. The molecule has 0 unspecified atom stereocenters. The van der Waals surface area contributed by atoms with E-state index in [1.165, 1.54) is 11.8 Å². The largest absolute Gasteiger partial charge is 0.467 e. The summed E-state index contributed by atoms with van der Waals surface area (Å²) in [5.41, 5.74) is 1.86. The number of carbonyl (C=O) groups is 1. The van der Waals surface area contributed by atoms with Gasteiger partial charge in [-0.15, -0.1) is 0 Å². The molecule has 2 aliphatic rings. The number of furan rings is 1. The van der Waals surface area contributed by atoms with Crippen LogP contribution in [0.3, 0.4) is 0 Å². The van der Waals surface area contributed by atoms with Crippen molar-refractivity contribution < 1.29 is 13.9 Å². The third kappa shape index (κ3) is 4.50. The van der Waals surface area contributed by atoms with E-state index >= 15 is 0 Å². The second-order valence-corrected chi connectivity index (χ2v) is 8.19. The summed E-state index contributed by atoms with van der Waals surface area (Å²) in [6.07, 6.45) is 7.67. The molecule has 2 aromatic heterocycles. The molecule has 1 atom stereocenters. The molecule has 2 aromatic rings. The summed E-state index contributed by atoms with van der Waals surface area (Å²) in [6.45, 7) is 1.73. The Hall–Kier alpha value is -2.06. The maximum absolute atomic E-state index is 12.7. The minimum Gasteiger partial charge on any atom is -0.467 e. The second-order valence-electron chi connectivity index (χ2n) is 7.23. The quantitative estimate of drug-likeness (QED) is 0.563. The van der Waals surface area contributed by atoms with Gasteiger partial charge in [-0.05, 0) is 50.7 Å². The minimum absolute atomic E-state index is 0.0494. The van der Waals surface area contributed by atoms with Crippen LogP contribution in [0.5, 0.6) is 0 Å². The lowest BCUT2D eigenvalue weighted by Gasteiger charge is -2.22. The summed E-state index contributed by atoms with van der Waals surface area (Å²) in [7, 11) is 0. The van der Waals surface area contributed by atoms with Crippen LogP contribution in [0.2, 0.25) is 0 Å². The number of amides is 1. The van der Waals surface area contributed by atoms with Gasteiger partial charge in [-0.2, -0.15) is 4.98 Å². The summed E-state index contributed by atoms with van der Waals surface area (Å²) in [6, 6.07) is 3.68. The highest BCUT2D eigenvalue weighted by Crippen LogP contribution is 2.28. The molecule has 0 saturated carbocycles. The molecule has 7 nitrogen and oxygen atoms in total. The van der Waals surface area contributed by atoms with E-state index in [1.54, 1.807) is 10.8 Å². The molecule has 1 fully saturated rings. The van der Waals surface area contributed by atoms with Gasteiger partial charge >= 0.3 is 5.69 Å². The highest BCUT2D eigenvalue weighted by atomic mass is 32.2. The van der Waals surface area contributed by atoms with Gasteiger partial charge in [0.2, 0.25) is 5.91 Å². The van der Waals surface area contributed by atoms with Crippen molar-refractivity contribution in [3.63, 3.8) is 0 Å². The summed E-state index contributed by atoms with van der Waals surface area (Å²) in [5.74, 6) is 0.950. The molecular formula is C20H25N3O4S. The van der Waals surface area contributed by atoms with Crippen molar-refractivity contribution in [2.75, 3.05) is 18.9 Å². The zero-order chi connectivity index (χ0) is 19.3. The number of hydrogen-bond acceptors (Lipinski definition) is 6. The molecule has 1 aliphatic heterocycles. The predicted molar refractivity (Wildman–Crippen MR) is 106 cm³/mol. The number of carbonyl (C=O) groups excluding carboxylic acids is 1. The molecule has 28 heavy (non-hydrogen) atoms. The lowest BCUT2D eigenvalue weighted by molar-refractivity contribution is -0.119. The molecule has 4 rings (SSSR count). The van der Waals surface area contributed by atoms with Gasteiger partial charge < -0.3 is 14.5 Å². The van der Waals surface area contributed by atoms with Crippen molar-refractivity contribution in [1.29, 1.82) is 0 Å². The van der Waals surface area contributed by atoms with Gasteiger partial charge in [0.25, 0.3) is 0 Å². The Morgan fingerprint density at radius 2 is 2.21 bits per heavy atom. The fraction of sp³-hybridized carbons (Fsp3) is 0.550. The third-order valence-electron chi connectivity index (χ3n) is 5.24.